The zero-order valence-electron chi connectivity index (χ0n) is 39.3. The van der Waals surface area contributed by atoms with E-state index in [2.05, 4.69) is 34.9 Å². The standard InChI is InChI=1S/C58H53N7O4/c1-63(2)38-25-28-45-52(35-38)69-53-36-39(64(3)4)26-29-46(53)54(45)40-27-24-37(34-47(40)58(67)68)57(66)65(33-15-31-60-56-43-18-7-11-22-50(43)62-51-23-12-8-19-44(51)56)32-14-13-30-59-55-41-16-5-9-20-48(41)61-49-21-10-6-17-42(49)55/h5-12,16-29,34-36H,13-15,30-33H2,1-4H3,(H2-,59,60,61,62,67,68)/p+1. The first-order chi connectivity index (χ1) is 33.6. The molecule has 2 aromatic heterocycles. The van der Waals surface area contributed by atoms with E-state index in [0.717, 1.165) is 95.4 Å². The fourth-order valence-electron chi connectivity index (χ4n) is 9.47. The van der Waals surface area contributed by atoms with Gasteiger partial charge in [-0.3, -0.25) is 4.79 Å². The number of hydrogen-bond acceptors (Lipinski definition) is 8. The van der Waals surface area contributed by atoms with Crippen LogP contribution in [0.1, 0.15) is 40.0 Å². The second-order valence-electron chi connectivity index (χ2n) is 17.9. The molecule has 0 unspecified atom stereocenters. The Morgan fingerprint density at radius 1 is 0.594 bits per heavy atom. The van der Waals surface area contributed by atoms with Gasteiger partial charge in [-0.2, -0.15) is 0 Å². The van der Waals surface area contributed by atoms with E-state index >= 15 is 0 Å². The minimum atomic E-state index is -1.12. The summed E-state index contributed by atoms with van der Waals surface area (Å²) in [5.74, 6) is -0.707. The molecule has 0 saturated heterocycles. The summed E-state index contributed by atoms with van der Waals surface area (Å²) in [6.45, 7) is 2.25. The van der Waals surface area contributed by atoms with Crippen molar-refractivity contribution in [3.8, 4) is 22.5 Å². The van der Waals surface area contributed by atoms with Gasteiger partial charge in [-0.05, 0) is 79.4 Å². The van der Waals surface area contributed by atoms with Gasteiger partial charge in [-0.25, -0.2) is 19.3 Å². The smallest absolute Gasteiger partial charge is 0.336 e. The Bertz CT molecular complexity index is 3530. The van der Waals surface area contributed by atoms with E-state index in [-0.39, 0.29) is 11.5 Å². The maximum absolute atomic E-state index is 14.8. The molecule has 0 saturated carbocycles. The molecule has 0 atom stereocenters. The molecule has 3 N–H and O–H groups in total. The van der Waals surface area contributed by atoms with E-state index in [4.69, 9.17) is 14.4 Å². The number of para-hydroxylation sites is 4. The quantitative estimate of drug-likeness (QED) is 0.0523. The number of unbranched alkanes of at least 4 members (excludes halogenated alkanes) is 1. The number of carbonyl (C=O) groups excluding carboxylic acids is 1. The van der Waals surface area contributed by atoms with Gasteiger partial charge in [0.1, 0.15) is 25.4 Å². The van der Waals surface area contributed by atoms with Crippen molar-refractivity contribution >= 4 is 83.5 Å². The maximum Gasteiger partial charge on any atom is 0.336 e. The Labute approximate surface area is 400 Å². The molecule has 11 nitrogen and oxygen atoms in total. The molecule has 8 aromatic rings. The van der Waals surface area contributed by atoms with Crippen molar-refractivity contribution in [3.05, 3.63) is 168 Å². The molecule has 6 aromatic carbocycles. The number of fused-ring (bicyclic) bond motifs is 6. The highest BCUT2D eigenvalue weighted by atomic mass is 16.4. The van der Waals surface area contributed by atoms with E-state index in [1.165, 1.54) is 0 Å². The van der Waals surface area contributed by atoms with Gasteiger partial charge in [0.25, 0.3) is 5.91 Å². The summed E-state index contributed by atoms with van der Waals surface area (Å²) in [5, 5.41) is 24.3. The molecular formula is C58H54N7O4+. The van der Waals surface area contributed by atoms with Gasteiger partial charge in [0.15, 0.2) is 0 Å². The zero-order chi connectivity index (χ0) is 47.6. The lowest BCUT2D eigenvalue weighted by molar-refractivity contribution is 0.0697. The Hall–Kier alpha value is -8.31. The molecule has 11 heteroatoms. The van der Waals surface area contributed by atoms with E-state index in [1.807, 2.05) is 152 Å². The molecule has 1 aliphatic carbocycles. The summed E-state index contributed by atoms with van der Waals surface area (Å²) in [4.78, 5) is 41.9. The summed E-state index contributed by atoms with van der Waals surface area (Å²) in [7, 11) is 7.88. The summed E-state index contributed by atoms with van der Waals surface area (Å²) in [6, 6.07) is 49.6. The molecule has 0 bridgehead atoms. The van der Waals surface area contributed by atoms with Crippen molar-refractivity contribution in [2.75, 3.05) is 69.9 Å². The van der Waals surface area contributed by atoms with Crippen molar-refractivity contribution in [1.82, 2.24) is 19.4 Å². The fourth-order valence-corrected chi connectivity index (χ4v) is 9.47. The van der Waals surface area contributed by atoms with Gasteiger partial charge < -0.3 is 30.0 Å². The number of nitrogens with one attached hydrogen (secondary N) is 2. The van der Waals surface area contributed by atoms with Gasteiger partial charge >= 0.3 is 5.97 Å². The summed E-state index contributed by atoms with van der Waals surface area (Å²) in [5.41, 5.74) is 9.73. The highest BCUT2D eigenvalue weighted by Gasteiger charge is 2.25. The Balaban J connectivity index is 0.953. The molecule has 1 aliphatic heterocycles. The minimum absolute atomic E-state index is 0.0436. The van der Waals surface area contributed by atoms with Crippen LogP contribution in [0.3, 0.4) is 0 Å². The number of rotatable bonds is 15. The molecule has 344 valence electrons. The number of hydrogen-bond donors (Lipinski definition) is 3. The van der Waals surface area contributed by atoms with Crippen LogP contribution < -0.4 is 25.5 Å². The SMILES string of the molecule is CN(C)c1ccc2c(-c3ccc(C(=O)N(CCCCNc4c5ccccc5nc5ccccc45)CCCNc4c5ccccc5nc5ccccc45)cc3C(=O)O)c3ccc(=[N+](C)C)cc-3oc2c1. The van der Waals surface area contributed by atoms with E-state index in [1.54, 1.807) is 18.2 Å². The average molecular weight is 913 g/mol. The minimum Gasteiger partial charge on any atom is -0.478 e. The molecular weight excluding hydrogens is 859 g/mol. The molecule has 0 fully saturated rings. The van der Waals surface area contributed by atoms with Crippen LogP contribution in [0.5, 0.6) is 0 Å². The third-order valence-corrected chi connectivity index (χ3v) is 13.0. The van der Waals surface area contributed by atoms with Crippen molar-refractivity contribution < 1.29 is 19.1 Å². The molecule has 10 rings (SSSR count). The number of carbonyl (C=O) groups is 2. The first kappa shape index (κ1) is 44.5. The first-order valence-corrected chi connectivity index (χ1v) is 23.5. The highest BCUT2D eigenvalue weighted by molar-refractivity contribution is 6.10. The van der Waals surface area contributed by atoms with E-state index < -0.39 is 5.97 Å². The molecule has 0 spiro atoms. The van der Waals surface area contributed by atoms with Gasteiger partial charge in [-0.1, -0.05) is 78.9 Å². The normalized spacial score (nSPS) is 11.5. The van der Waals surface area contributed by atoms with Crippen LogP contribution in [0.25, 0.3) is 77.0 Å². The second kappa shape index (κ2) is 19.1. The summed E-state index contributed by atoms with van der Waals surface area (Å²) in [6.07, 6.45) is 2.18. The third kappa shape index (κ3) is 8.87. The predicted molar refractivity (Wildman–Crippen MR) is 282 cm³/mol. The second-order valence-corrected chi connectivity index (χ2v) is 17.9. The van der Waals surface area contributed by atoms with Crippen molar-refractivity contribution in [2.45, 2.75) is 19.3 Å². The van der Waals surface area contributed by atoms with Crippen molar-refractivity contribution in [1.29, 1.82) is 0 Å². The maximum atomic E-state index is 14.8. The number of aromatic carboxylic acids is 1. The number of carboxylic acid groups (broad SMARTS) is 1. The molecule has 1 amide bonds. The largest absolute Gasteiger partial charge is 0.478 e. The Morgan fingerprint density at radius 3 is 1.68 bits per heavy atom. The van der Waals surface area contributed by atoms with Gasteiger partial charge in [0.2, 0.25) is 5.36 Å². The van der Waals surface area contributed by atoms with E-state index in [9.17, 15) is 14.7 Å². The lowest BCUT2D eigenvalue weighted by Gasteiger charge is -2.24. The highest BCUT2D eigenvalue weighted by Crippen LogP contribution is 2.42. The summed E-state index contributed by atoms with van der Waals surface area (Å²) >= 11 is 0. The number of benzene rings is 7. The Morgan fingerprint density at radius 2 is 1.13 bits per heavy atom. The van der Waals surface area contributed by atoms with Crippen LogP contribution in [0.15, 0.2) is 156 Å². The lowest BCUT2D eigenvalue weighted by atomic mass is 9.89. The number of amides is 1. The average Bonchev–Trinajstić information content (AvgIpc) is 3.37. The molecule has 2 aliphatic rings. The van der Waals surface area contributed by atoms with Crippen LogP contribution in [0.2, 0.25) is 0 Å². The number of anilines is 3. The van der Waals surface area contributed by atoms with E-state index in [0.29, 0.717) is 55.1 Å². The van der Waals surface area contributed by atoms with Crippen LogP contribution >= 0.6 is 0 Å². The van der Waals surface area contributed by atoms with Gasteiger partial charge in [0.05, 0.1) is 45.1 Å². The van der Waals surface area contributed by atoms with Crippen LogP contribution in [-0.4, -0.2) is 86.2 Å². The van der Waals surface area contributed by atoms with Crippen LogP contribution in [-0.2, 0) is 0 Å². The zero-order valence-corrected chi connectivity index (χ0v) is 39.3. The van der Waals surface area contributed by atoms with Crippen LogP contribution in [0.4, 0.5) is 17.1 Å². The topological polar surface area (TPSA) is 127 Å². The first-order valence-electron chi connectivity index (χ1n) is 23.5. The number of nitrogens with zero attached hydrogens (tertiary/aromatic N) is 5. The Kier molecular flexibility index (Phi) is 12.3. The fraction of sp³-hybridized carbons (Fsp3) is 0.190. The number of pyridine rings is 2. The molecule has 3 heterocycles. The lowest BCUT2D eigenvalue weighted by Crippen LogP contribution is -2.34. The number of aromatic nitrogens is 2. The van der Waals surface area contributed by atoms with Gasteiger partial charge in [-0.15, -0.1) is 0 Å². The van der Waals surface area contributed by atoms with Gasteiger partial charge in [0, 0.05) is 102 Å². The number of carboxylic acids is 1. The van der Waals surface area contributed by atoms with Crippen molar-refractivity contribution in [3.63, 3.8) is 0 Å². The monoisotopic (exact) mass is 912 g/mol. The van der Waals surface area contributed by atoms with Crippen molar-refractivity contribution in [2.24, 2.45) is 0 Å². The molecule has 0 radical (unpaired) electrons. The molecule has 69 heavy (non-hydrogen) atoms. The predicted octanol–water partition coefficient (Wildman–Crippen LogP) is 11.2. The third-order valence-electron chi connectivity index (χ3n) is 13.0. The van der Waals surface area contributed by atoms with Crippen LogP contribution in [0, 0.1) is 0 Å². The summed E-state index contributed by atoms with van der Waals surface area (Å²) < 4.78 is 8.55.